The first-order chi connectivity index (χ1) is 12.5. The van der Waals surface area contributed by atoms with Crippen molar-refractivity contribution in [2.24, 2.45) is 0 Å². The van der Waals surface area contributed by atoms with Crippen molar-refractivity contribution in [2.75, 3.05) is 6.54 Å². The predicted molar refractivity (Wildman–Crippen MR) is 87.8 cm³/mol. The first kappa shape index (κ1) is 17.7. The van der Waals surface area contributed by atoms with Gasteiger partial charge in [0.15, 0.2) is 11.6 Å². The Morgan fingerprint density at radius 1 is 1.35 bits per heavy atom. The van der Waals surface area contributed by atoms with Crippen molar-refractivity contribution in [3.63, 3.8) is 0 Å². The summed E-state index contributed by atoms with van der Waals surface area (Å²) in [6, 6.07) is 7.60. The molecule has 0 bridgehead atoms. The van der Waals surface area contributed by atoms with Gasteiger partial charge in [-0.25, -0.2) is 9.37 Å². The highest BCUT2D eigenvalue weighted by molar-refractivity contribution is 6.30. The van der Waals surface area contributed by atoms with Crippen LogP contribution in [0.4, 0.5) is 4.39 Å². The molecule has 134 valence electrons. The summed E-state index contributed by atoms with van der Waals surface area (Å²) in [6.45, 7) is -0.0229. The molecule has 0 radical (unpaired) electrons. The lowest BCUT2D eigenvalue weighted by molar-refractivity contribution is -0.136. The van der Waals surface area contributed by atoms with Gasteiger partial charge in [0.1, 0.15) is 5.75 Å². The van der Waals surface area contributed by atoms with Crippen LogP contribution in [0.2, 0.25) is 5.02 Å². The molecule has 0 amide bonds. The number of pyridine rings is 1. The van der Waals surface area contributed by atoms with Gasteiger partial charge < -0.3 is 9.84 Å². The van der Waals surface area contributed by atoms with Gasteiger partial charge in [-0.3, -0.25) is 10.1 Å². The number of hydrogen-bond acceptors (Lipinski definition) is 7. The minimum Gasteiger partial charge on any atom is -0.480 e. The van der Waals surface area contributed by atoms with Gasteiger partial charge in [0, 0.05) is 6.20 Å². The van der Waals surface area contributed by atoms with E-state index < -0.39 is 11.8 Å². The van der Waals surface area contributed by atoms with Crippen LogP contribution in [-0.4, -0.2) is 42.8 Å². The van der Waals surface area contributed by atoms with E-state index in [4.69, 9.17) is 21.4 Å². The van der Waals surface area contributed by atoms with Crippen LogP contribution in [0.5, 0.6) is 11.6 Å². The SMILES string of the molecule is O=C(O)CNCc1nnn(-c2ccc(Oc3ncc(Cl)cc3F)cc2)n1. The van der Waals surface area contributed by atoms with E-state index >= 15 is 0 Å². The molecular weight excluding hydrogens is 367 g/mol. The topological polar surface area (TPSA) is 115 Å². The quantitative estimate of drug-likeness (QED) is 0.639. The van der Waals surface area contributed by atoms with Gasteiger partial charge in [0.05, 0.1) is 23.8 Å². The zero-order chi connectivity index (χ0) is 18.5. The van der Waals surface area contributed by atoms with Crippen LogP contribution in [0.1, 0.15) is 5.82 Å². The second-order valence-electron chi connectivity index (χ2n) is 5.03. The van der Waals surface area contributed by atoms with Crippen LogP contribution in [0.25, 0.3) is 5.69 Å². The Morgan fingerprint density at radius 2 is 2.12 bits per heavy atom. The number of aliphatic carboxylic acids is 1. The van der Waals surface area contributed by atoms with Gasteiger partial charge in [-0.15, -0.1) is 15.0 Å². The molecule has 0 saturated heterocycles. The zero-order valence-corrected chi connectivity index (χ0v) is 13.9. The van der Waals surface area contributed by atoms with E-state index in [0.717, 1.165) is 6.07 Å². The van der Waals surface area contributed by atoms with Gasteiger partial charge in [-0.05, 0) is 35.5 Å². The average molecular weight is 379 g/mol. The first-order valence-electron chi connectivity index (χ1n) is 7.32. The molecular formula is C15H12ClFN6O3. The molecule has 1 aromatic carbocycles. The van der Waals surface area contributed by atoms with Crippen LogP contribution in [0.3, 0.4) is 0 Å². The van der Waals surface area contributed by atoms with Crippen molar-refractivity contribution < 1.29 is 19.0 Å². The molecule has 0 spiro atoms. The fourth-order valence-corrected chi connectivity index (χ4v) is 2.09. The number of nitrogens with zero attached hydrogens (tertiary/aromatic N) is 5. The number of benzene rings is 1. The molecule has 3 aromatic rings. The normalized spacial score (nSPS) is 10.7. The molecule has 0 unspecified atom stereocenters. The second kappa shape index (κ2) is 7.85. The summed E-state index contributed by atoms with van der Waals surface area (Å²) in [6.07, 6.45) is 1.29. The molecule has 11 heteroatoms. The van der Waals surface area contributed by atoms with Crippen molar-refractivity contribution in [2.45, 2.75) is 6.54 Å². The van der Waals surface area contributed by atoms with E-state index in [9.17, 15) is 9.18 Å². The monoisotopic (exact) mass is 378 g/mol. The lowest BCUT2D eigenvalue weighted by Crippen LogP contribution is -2.22. The van der Waals surface area contributed by atoms with Crippen molar-refractivity contribution >= 4 is 17.6 Å². The van der Waals surface area contributed by atoms with Crippen molar-refractivity contribution in [1.82, 2.24) is 30.5 Å². The molecule has 2 heterocycles. The number of hydrogen-bond donors (Lipinski definition) is 2. The number of ether oxygens (including phenoxy) is 1. The van der Waals surface area contributed by atoms with Gasteiger partial charge in [0.25, 0.3) is 5.88 Å². The third-order valence-corrected chi connectivity index (χ3v) is 3.28. The molecule has 3 rings (SSSR count). The van der Waals surface area contributed by atoms with Crippen molar-refractivity contribution in [3.8, 4) is 17.3 Å². The summed E-state index contributed by atoms with van der Waals surface area (Å²) in [5.74, 6) is -1.12. The van der Waals surface area contributed by atoms with Gasteiger partial charge in [-0.1, -0.05) is 11.6 Å². The minimum absolute atomic E-state index is 0.176. The minimum atomic E-state index is -0.973. The van der Waals surface area contributed by atoms with Crippen LogP contribution in [0, 0.1) is 5.82 Å². The first-order valence-corrected chi connectivity index (χ1v) is 7.70. The summed E-state index contributed by atoms with van der Waals surface area (Å²) in [4.78, 5) is 15.5. The Morgan fingerprint density at radius 3 is 2.81 bits per heavy atom. The average Bonchev–Trinajstić information content (AvgIpc) is 3.06. The Bertz CT molecular complexity index is 918. The van der Waals surface area contributed by atoms with E-state index in [1.165, 1.54) is 11.0 Å². The van der Waals surface area contributed by atoms with Crippen LogP contribution in [0.15, 0.2) is 36.5 Å². The zero-order valence-electron chi connectivity index (χ0n) is 13.1. The molecule has 0 aliphatic carbocycles. The summed E-state index contributed by atoms with van der Waals surface area (Å²) in [5, 5.41) is 23.2. The maximum Gasteiger partial charge on any atom is 0.317 e. The highest BCUT2D eigenvalue weighted by Crippen LogP contribution is 2.24. The van der Waals surface area contributed by atoms with E-state index in [0.29, 0.717) is 17.3 Å². The maximum atomic E-state index is 13.7. The fraction of sp³-hybridized carbons (Fsp3) is 0.133. The molecule has 0 aliphatic heterocycles. The van der Waals surface area contributed by atoms with Crippen molar-refractivity contribution in [3.05, 3.63) is 53.2 Å². The predicted octanol–water partition coefficient (Wildman–Crippen LogP) is 1.82. The number of nitrogens with one attached hydrogen (secondary N) is 1. The van der Waals surface area contributed by atoms with E-state index in [1.54, 1.807) is 24.3 Å². The Kier molecular flexibility index (Phi) is 5.34. The van der Waals surface area contributed by atoms with E-state index in [1.807, 2.05) is 0 Å². The number of carboxylic acid groups (broad SMARTS) is 1. The van der Waals surface area contributed by atoms with Crippen molar-refractivity contribution in [1.29, 1.82) is 0 Å². The molecule has 0 saturated carbocycles. The third-order valence-electron chi connectivity index (χ3n) is 3.07. The van der Waals surface area contributed by atoms with Gasteiger partial charge in [0.2, 0.25) is 0 Å². The molecule has 26 heavy (non-hydrogen) atoms. The highest BCUT2D eigenvalue weighted by atomic mass is 35.5. The molecule has 2 aromatic heterocycles. The molecule has 0 aliphatic rings. The number of aromatic nitrogens is 5. The number of tetrazole rings is 1. The fourth-order valence-electron chi connectivity index (χ4n) is 1.94. The van der Waals surface area contributed by atoms with Crippen LogP contribution >= 0.6 is 11.6 Å². The molecule has 9 nitrogen and oxygen atoms in total. The van der Waals surface area contributed by atoms with Gasteiger partial charge in [-0.2, -0.15) is 0 Å². The molecule has 0 fully saturated rings. The van der Waals surface area contributed by atoms with Gasteiger partial charge >= 0.3 is 5.97 Å². The number of rotatable bonds is 7. The molecule has 2 N–H and O–H groups in total. The summed E-state index contributed by atoms with van der Waals surface area (Å²) in [7, 11) is 0. The Balaban J connectivity index is 1.66. The highest BCUT2D eigenvalue weighted by Gasteiger charge is 2.09. The summed E-state index contributed by atoms with van der Waals surface area (Å²) < 4.78 is 19.0. The van der Waals surface area contributed by atoms with E-state index in [-0.39, 0.29) is 24.0 Å². The summed E-state index contributed by atoms with van der Waals surface area (Å²) >= 11 is 5.64. The smallest absolute Gasteiger partial charge is 0.317 e. The standard InChI is InChI=1S/C15H12ClFN6O3/c16-9-5-12(17)15(19-6-9)26-11-3-1-10(2-4-11)23-21-13(20-22-23)7-18-8-14(24)25/h1-6,18H,7-8H2,(H,24,25). The Labute approximate surface area is 151 Å². The number of carbonyl (C=O) groups is 1. The Hall–Kier alpha value is -3.11. The lowest BCUT2D eigenvalue weighted by atomic mass is 10.3. The largest absolute Gasteiger partial charge is 0.480 e. The number of carboxylic acids is 1. The van der Waals surface area contributed by atoms with Crippen LogP contribution in [-0.2, 0) is 11.3 Å². The lowest BCUT2D eigenvalue weighted by Gasteiger charge is -2.06. The maximum absolute atomic E-state index is 13.7. The van der Waals surface area contributed by atoms with E-state index in [2.05, 4.69) is 25.7 Å². The summed E-state index contributed by atoms with van der Waals surface area (Å²) in [5.41, 5.74) is 0.596. The molecule has 0 atom stereocenters. The third kappa shape index (κ3) is 4.49. The second-order valence-corrected chi connectivity index (χ2v) is 5.47. The number of halogens is 2. The van der Waals surface area contributed by atoms with Crippen LogP contribution < -0.4 is 10.1 Å².